The minimum Gasteiger partial charge on any atom is -0.354 e. The van der Waals surface area contributed by atoms with E-state index < -0.39 is 28.5 Å². The molecule has 1 atom stereocenters. The number of nitrogens with zero attached hydrogens (tertiary/aromatic N) is 2. The molecule has 0 radical (unpaired) electrons. The lowest BCUT2D eigenvalue weighted by Gasteiger charge is -2.33. The Balaban J connectivity index is 2.04. The molecule has 0 aliphatic heterocycles. The summed E-state index contributed by atoms with van der Waals surface area (Å²) in [5.74, 6) is -0.570. The van der Waals surface area contributed by atoms with E-state index in [1.807, 2.05) is 75.4 Å². The number of sulfonamides is 1. The van der Waals surface area contributed by atoms with E-state index in [9.17, 15) is 18.0 Å². The zero-order chi connectivity index (χ0) is 28.6. The van der Waals surface area contributed by atoms with Gasteiger partial charge in [-0.1, -0.05) is 91.7 Å². The first-order chi connectivity index (χ1) is 18.4. The summed E-state index contributed by atoms with van der Waals surface area (Å²) in [6.45, 7) is 6.08. The van der Waals surface area contributed by atoms with Crippen LogP contribution in [-0.4, -0.2) is 50.5 Å². The van der Waals surface area contributed by atoms with Crippen LogP contribution in [0, 0.1) is 12.8 Å². The number of amides is 2. The van der Waals surface area contributed by atoms with Gasteiger partial charge in [-0.3, -0.25) is 13.9 Å². The molecular weight excluding hydrogens is 534 g/mol. The minimum absolute atomic E-state index is 0.138. The van der Waals surface area contributed by atoms with Crippen molar-refractivity contribution in [3.05, 3.63) is 101 Å². The molecule has 0 aromatic heterocycles. The largest absolute Gasteiger partial charge is 0.354 e. The Kier molecular flexibility index (Phi) is 10.5. The minimum atomic E-state index is -3.84. The summed E-state index contributed by atoms with van der Waals surface area (Å²) in [4.78, 5) is 29.1. The fraction of sp³-hybridized carbons (Fsp3) is 0.333. The van der Waals surface area contributed by atoms with E-state index in [0.717, 1.165) is 27.3 Å². The summed E-state index contributed by atoms with van der Waals surface area (Å²) in [7, 11) is -3.84. The molecule has 0 aliphatic rings. The average molecular weight is 570 g/mol. The fourth-order valence-electron chi connectivity index (χ4n) is 4.11. The van der Waals surface area contributed by atoms with Crippen molar-refractivity contribution in [2.24, 2.45) is 5.92 Å². The van der Waals surface area contributed by atoms with Gasteiger partial charge in [-0.05, 0) is 42.2 Å². The summed E-state index contributed by atoms with van der Waals surface area (Å²) in [6.07, 6.45) is 1.32. The second-order valence-electron chi connectivity index (χ2n) is 10.1. The fourth-order valence-corrected chi connectivity index (χ4v) is 5.14. The maximum Gasteiger partial charge on any atom is 0.244 e. The molecule has 0 heterocycles. The van der Waals surface area contributed by atoms with Crippen molar-refractivity contribution in [1.82, 2.24) is 10.2 Å². The van der Waals surface area contributed by atoms with Crippen LogP contribution in [0.15, 0.2) is 78.9 Å². The van der Waals surface area contributed by atoms with Crippen LogP contribution < -0.4 is 9.62 Å². The number of hydrogen-bond donors (Lipinski definition) is 1. The lowest BCUT2D eigenvalue weighted by atomic mass is 10.0. The maximum atomic E-state index is 14.0. The number of aryl methyl sites for hydroxylation is 1. The van der Waals surface area contributed by atoms with Crippen LogP contribution in [0.4, 0.5) is 5.69 Å². The highest BCUT2D eigenvalue weighted by molar-refractivity contribution is 7.92. The zero-order valence-corrected chi connectivity index (χ0v) is 24.4. The molecule has 0 aliphatic carbocycles. The second-order valence-corrected chi connectivity index (χ2v) is 12.4. The molecule has 0 bridgehead atoms. The number of halogens is 1. The Morgan fingerprint density at radius 1 is 0.923 bits per heavy atom. The molecule has 0 spiro atoms. The summed E-state index contributed by atoms with van der Waals surface area (Å²) < 4.78 is 26.6. The van der Waals surface area contributed by atoms with E-state index in [4.69, 9.17) is 11.6 Å². The topological polar surface area (TPSA) is 86.8 Å². The van der Waals surface area contributed by atoms with E-state index in [0.29, 0.717) is 11.6 Å². The number of anilines is 1. The first-order valence-electron chi connectivity index (χ1n) is 12.8. The molecule has 0 saturated heterocycles. The standard InChI is InChI=1S/C30H36ClN3O4S/c1-22(2)19-32-30(36)28(17-24-9-6-5-7-10-24)33(20-25-15-13-23(3)14-16-25)29(35)21-34(39(4,37)38)27-12-8-11-26(31)18-27/h5-16,18,22,28H,17,19-21H2,1-4H3,(H,32,36)/t28-/m0/s1. The van der Waals surface area contributed by atoms with Crippen LogP contribution in [0.1, 0.15) is 30.5 Å². The molecule has 2 amide bonds. The molecule has 0 saturated carbocycles. The van der Waals surface area contributed by atoms with Gasteiger partial charge in [-0.25, -0.2) is 8.42 Å². The maximum absolute atomic E-state index is 14.0. The van der Waals surface area contributed by atoms with Crippen LogP contribution in [0.25, 0.3) is 0 Å². The number of rotatable bonds is 12. The first kappa shape index (κ1) is 30.2. The lowest BCUT2D eigenvalue weighted by molar-refractivity contribution is -0.140. The second kappa shape index (κ2) is 13.6. The third kappa shape index (κ3) is 9.11. The molecule has 3 aromatic carbocycles. The Morgan fingerprint density at radius 3 is 2.18 bits per heavy atom. The van der Waals surface area contributed by atoms with Gasteiger partial charge in [-0.2, -0.15) is 0 Å². The van der Waals surface area contributed by atoms with Gasteiger partial charge < -0.3 is 10.2 Å². The average Bonchev–Trinajstić information content (AvgIpc) is 2.88. The number of hydrogen-bond acceptors (Lipinski definition) is 4. The first-order valence-corrected chi connectivity index (χ1v) is 15.1. The SMILES string of the molecule is Cc1ccc(CN(C(=O)CN(c2cccc(Cl)c2)S(C)(=O)=O)[C@@H](Cc2ccccc2)C(=O)NCC(C)C)cc1. The van der Waals surface area contributed by atoms with Gasteiger partial charge in [0.25, 0.3) is 0 Å². The monoisotopic (exact) mass is 569 g/mol. The Bertz CT molecular complexity index is 1360. The van der Waals surface area contributed by atoms with Crippen molar-refractivity contribution >= 4 is 39.1 Å². The third-order valence-electron chi connectivity index (χ3n) is 6.20. The van der Waals surface area contributed by atoms with Crippen LogP contribution in [0.2, 0.25) is 5.02 Å². The predicted molar refractivity (Wildman–Crippen MR) is 157 cm³/mol. The van der Waals surface area contributed by atoms with E-state index in [2.05, 4.69) is 5.32 Å². The molecule has 3 rings (SSSR count). The number of nitrogens with one attached hydrogen (secondary N) is 1. The number of carbonyl (C=O) groups excluding carboxylic acids is 2. The Hall–Kier alpha value is -3.36. The highest BCUT2D eigenvalue weighted by Crippen LogP contribution is 2.23. The van der Waals surface area contributed by atoms with Gasteiger partial charge in [0, 0.05) is 24.5 Å². The van der Waals surface area contributed by atoms with Crippen molar-refractivity contribution in [3.8, 4) is 0 Å². The van der Waals surface area contributed by atoms with Crippen molar-refractivity contribution in [1.29, 1.82) is 0 Å². The molecule has 0 fully saturated rings. The van der Waals surface area contributed by atoms with Crippen LogP contribution in [0.3, 0.4) is 0 Å². The normalized spacial score (nSPS) is 12.2. The molecule has 9 heteroatoms. The highest BCUT2D eigenvalue weighted by atomic mass is 35.5. The highest BCUT2D eigenvalue weighted by Gasteiger charge is 2.33. The van der Waals surface area contributed by atoms with Crippen LogP contribution in [-0.2, 0) is 32.6 Å². The van der Waals surface area contributed by atoms with Crippen molar-refractivity contribution in [2.45, 2.75) is 39.8 Å². The summed E-state index contributed by atoms with van der Waals surface area (Å²) in [5.41, 5.74) is 3.06. The smallest absolute Gasteiger partial charge is 0.244 e. The molecular formula is C30H36ClN3O4S. The molecule has 1 N–H and O–H groups in total. The van der Waals surface area contributed by atoms with Crippen LogP contribution in [0.5, 0.6) is 0 Å². The molecule has 7 nitrogen and oxygen atoms in total. The molecule has 3 aromatic rings. The Labute approximate surface area is 236 Å². The molecule has 208 valence electrons. The van der Waals surface area contributed by atoms with E-state index in [-0.39, 0.29) is 30.5 Å². The number of benzene rings is 3. The summed E-state index contributed by atoms with van der Waals surface area (Å²) in [6, 6.07) is 22.7. The number of carbonyl (C=O) groups is 2. The third-order valence-corrected chi connectivity index (χ3v) is 7.58. The van der Waals surface area contributed by atoms with E-state index in [1.165, 1.54) is 11.0 Å². The molecule has 39 heavy (non-hydrogen) atoms. The quantitative estimate of drug-likeness (QED) is 0.338. The summed E-state index contributed by atoms with van der Waals surface area (Å²) in [5, 5.41) is 3.32. The van der Waals surface area contributed by atoms with Crippen LogP contribution >= 0.6 is 11.6 Å². The van der Waals surface area contributed by atoms with E-state index in [1.54, 1.807) is 18.2 Å². The predicted octanol–water partition coefficient (Wildman–Crippen LogP) is 4.83. The molecule has 0 unspecified atom stereocenters. The Morgan fingerprint density at radius 2 is 1.59 bits per heavy atom. The van der Waals surface area contributed by atoms with Crippen molar-refractivity contribution in [3.63, 3.8) is 0 Å². The van der Waals surface area contributed by atoms with E-state index >= 15 is 0 Å². The van der Waals surface area contributed by atoms with Gasteiger partial charge >= 0.3 is 0 Å². The van der Waals surface area contributed by atoms with Crippen molar-refractivity contribution < 1.29 is 18.0 Å². The zero-order valence-electron chi connectivity index (χ0n) is 22.8. The van der Waals surface area contributed by atoms with Gasteiger partial charge in [-0.15, -0.1) is 0 Å². The van der Waals surface area contributed by atoms with Gasteiger partial charge in [0.1, 0.15) is 12.6 Å². The van der Waals surface area contributed by atoms with Gasteiger partial charge in [0.15, 0.2) is 0 Å². The van der Waals surface area contributed by atoms with Gasteiger partial charge in [0.05, 0.1) is 11.9 Å². The summed E-state index contributed by atoms with van der Waals surface area (Å²) >= 11 is 6.13. The van der Waals surface area contributed by atoms with Crippen molar-refractivity contribution in [2.75, 3.05) is 23.7 Å². The lowest BCUT2D eigenvalue weighted by Crippen LogP contribution is -2.53. The van der Waals surface area contributed by atoms with Gasteiger partial charge in [0.2, 0.25) is 21.8 Å².